The van der Waals surface area contributed by atoms with Crippen molar-refractivity contribution in [1.82, 2.24) is 5.32 Å². The van der Waals surface area contributed by atoms with Gasteiger partial charge in [0.2, 0.25) is 0 Å². The summed E-state index contributed by atoms with van der Waals surface area (Å²) in [6.07, 6.45) is 3.94. The molecule has 1 unspecified atom stereocenters. The molecule has 0 aromatic heterocycles. The third kappa shape index (κ3) is 3.14. The van der Waals surface area contributed by atoms with Crippen LogP contribution in [0.15, 0.2) is 18.2 Å². The molecule has 1 aromatic rings. The first kappa shape index (κ1) is 12.7. The molecule has 1 aromatic carbocycles. The highest BCUT2D eigenvalue weighted by Crippen LogP contribution is 2.26. The summed E-state index contributed by atoms with van der Waals surface area (Å²) in [5, 5.41) is 4.43. The molecule has 1 atom stereocenters. The normalized spacial score (nSPS) is 20.3. The molecule has 3 heteroatoms. The summed E-state index contributed by atoms with van der Waals surface area (Å²) >= 11 is 6.16. The van der Waals surface area contributed by atoms with E-state index in [0.29, 0.717) is 6.04 Å². The van der Waals surface area contributed by atoms with Crippen molar-refractivity contribution < 1.29 is 0 Å². The standard InChI is InChI=1S/C14H21ClN2/c1-11-13(15)7-5-8-14(11)17(2)10-12-6-3-4-9-16-12/h5,7-8,12,16H,3-4,6,9-10H2,1-2H3. The second-order valence-electron chi connectivity index (χ2n) is 4.91. The highest BCUT2D eigenvalue weighted by molar-refractivity contribution is 6.31. The van der Waals surface area contributed by atoms with Gasteiger partial charge in [-0.15, -0.1) is 0 Å². The maximum atomic E-state index is 6.16. The lowest BCUT2D eigenvalue weighted by Gasteiger charge is -2.30. The van der Waals surface area contributed by atoms with Crippen LogP contribution in [0.1, 0.15) is 24.8 Å². The predicted molar refractivity (Wildman–Crippen MR) is 75.1 cm³/mol. The Morgan fingerprint density at radius 3 is 2.94 bits per heavy atom. The number of anilines is 1. The van der Waals surface area contributed by atoms with Gasteiger partial charge in [-0.1, -0.05) is 24.1 Å². The molecule has 1 N–H and O–H groups in total. The van der Waals surface area contributed by atoms with Crippen LogP contribution in [0.25, 0.3) is 0 Å². The Morgan fingerprint density at radius 1 is 1.41 bits per heavy atom. The molecule has 2 nitrogen and oxygen atoms in total. The van der Waals surface area contributed by atoms with Crippen LogP contribution in [-0.4, -0.2) is 26.2 Å². The van der Waals surface area contributed by atoms with Crippen LogP contribution in [0.5, 0.6) is 0 Å². The summed E-state index contributed by atoms with van der Waals surface area (Å²) in [5.74, 6) is 0. The van der Waals surface area contributed by atoms with Crippen molar-refractivity contribution in [3.05, 3.63) is 28.8 Å². The predicted octanol–water partition coefficient (Wildman–Crippen LogP) is 3.23. The first-order chi connectivity index (χ1) is 8.18. The van der Waals surface area contributed by atoms with Crippen molar-refractivity contribution in [2.45, 2.75) is 32.2 Å². The lowest BCUT2D eigenvalue weighted by molar-refractivity contribution is 0.403. The van der Waals surface area contributed by atoms with Crippen LogP contribution in [0.3, 0.4) is 0 Å². The quantitative estimate of drug-likeness (QED) is 0.889. The Labute approximate surface area is 109 Å². The second kappa shape index (κ2) is 5.74. The lowest BCUT2D eigenvalue weighted by Crippen LogP contribution is -2.42. The molecule has 0 bridgehead atoms. The van der Waals surface area contributed by atoms with Gasteiger partial charge < -0.3 is 10.2 Å². The largest absolute Gasteiger partial charge is 0.373 e. The number of hydrogen-bond acceptors (Lipinski definition) is 2. The van der Waals surface area contributed by atoms with Crippen LogP contribution in [0, 0.1) is 6.92 Å². The van der Waals surface area contributed by atoms with E-state index in [0.717, 1.165) is 18.1 Å². The molecule has 1 heterocycles. The van der Waals surface area contributed by atoms with E-state index in [1.165, 1.54) is 30.5 Å². The molecule has 0 spiro atoms. The topological polar surface area (TPSA) is 15.3 Å². The van der Waals surface area contributed by atoms with E-state index in [1.54, 1.807) is 0 Å². The molecular formula is C14H21ClN2. The van der Waals surface area contributed by atoms with E-state index >= 15 is 0 Å². The zero-order valence-corrected chi connectivity index (χ0v) is 11.4. The van der Waals surface area contributed by atoms with Crippen LogP contribution < -0.4 is 10.2 Å². The van der Waals surface area contributed by atoms with Gasteiger partial charge in [0.05, 0.1) is 0 Å². The van der Waals surface area contributed by atoms with Gasteiger partial charge >= 0.3 is 0 Å². The fourth-order valence-electron chi connectivity index (χ4n) is 2.52. The molecule has 2 rings (SSSR count). The highest BCUT2D eigenvalue weighted by atomic mass is 35.5. The molecular weight excluding hydrogens is 232 g/mol. The number of nitrogens with zero attached hydrogens (tertiary/aromatic N) is 1. The van der Waals surface area contributed by atoms with Crippen molar-refractivity contribution in [1.29, 1.82) is 0 Å². The zero-order chi connectivity index (χ0) is 12.3. The first-order valence-corrected chi connectivity index (χ1v) is 6.76. The van der Waals surface area contributed by atoms with Gasteiger partial charge in [-0.25, -0.2) is 0 Å². The number of nitrogens with one attached hydrogen (secondary N) is 1. The molecule has 1 aliphatic rings. The Bertz CT molecular complexity index is 372. The first-order valence-electron chi connectivity index (χ1n) is 6.38. The minimum absolute atomic E-state index is 0.618. The summed E-state index contributed by atoms with van der Waals surface area (Å²) in [4.78, 5) is 2.31. The number of piperidine rings is 1. The van der Waals surface area contributed by atoms with E-state index in [2.05, 4.69) is 30.3 Å². The van der Waals surface area contributed by atoms with Crippen LogP contribution in [0.2, 0.25) is 5.02 Å². The van der Waals surface area contributed by atoms with Gasteiger partial charge in [0.15, 0.2) is 0 Å². The monoisotopic (exact) mass is 252 g/mol. The average Bonchev–Trinajstić information content (AvgIpc) is 2.34. The zero-order valence-electron chi connectivity index (χ0n) is 10.7. The molecule has 1 aliphatic heterocycles. The van der Waals surface area contributed by atoms with Crippen LogP contribution in [0.4, 0.5) is 5.69 Å². The van der Waals surface area contributed by atoms with Crippen LogP contribution in [-0.2, 0) is 0 Å². The van der Waals surface area contributed by atoms with Crippen molar-refractivity contribution in [3.63, 3.8) is 0 Å². The van der Waals surface area contributed by atoms with E-state index in [-0.39, 0.29) is 0 Å². The molecule has 0 radical (unpaired) electrons. The van der Waals surface area contributed by atoms with E-state index < -0.39 is 0 Å². The maximum absolute atomic E-state index is 6.16. The van der Waals surface area contributed by atoms with E-state index in [9.17, 15) is 0 Å². The Kier molecular flexibility index (Phi) is 4.30. The van der Waals surface area contributed by atoms with Gasteiger partial charge in [0.25, 0.3) is 0 Å². The molecule has 17 heavy (non-hydrogen) atoms. The fraction of sp³-hybridized carbons (Fsp3) is 0.571. The molecule has 0 amide bonds. The van der Waals surface area contributed by atoms with Crippen molar-refractivity contribution in [3.8, 4) is 0 Å². The molecule has 94 valence electrons. The number of likely N-dealkylation sites (N-methyl/N-ethyl adjacent to an activating group) is 1. The highest BCUT2D eigenvalue weighted by Gasteiger charge is 2.16. The summed E-state index contributed by atoms with van der Waals surface area (Å²) in [6, 6.07) is 6.74. The van der Waals surface area contributed by atoms with E-state index in [4.69, 9.17) is 11.6 Å². The fourth-order valence-corrected chi connectivity index (χ4v) is 2.69. The van der Waals surface area contributed by atoms with Crippen molar-refractivity contribution in [2.24, 2.45) is 0 Å². The van der Waals surface area contributed by atoms with Gasteiger partial charge in [0.1, 0.15) is 0 Å². The number of halogens is 1. The van der Waals surface area contributed by atoms with Gasteiger partial charge in [-0.05, 0) is 44.0 Å². The van der Waals surface area contributed by atoms with Gasteiger partial charge in [-0.3, -0.25) is 0 Å². The third-order valence-corrected chi connectivity index (χ3v) is 3.97. The minimum Gasteiger partial charge on any atom is -0.373 e. The summed E-state index contributed by atoms with van der Waals surface area (Å²) in [7, 11) is 2.15. The van der Waals surface area contributed by atoms with E-state index in [1.807, 2.05) is 12.1 Å². The molecule has 1 saturated heterocycles. The second-order valence-corrected chi connectivity index (χ2v) is 5.32. The van der Waals surface area contributed by atoms with Crippen molar-refractivity contribution in [2.75, 3.05) is 25.0 Å². The smallest absolute Gasteiger partial charge is 0.0455 e. The summed E-state index contributed by atoms with van der Waals surface area (Å²) in [6.45, 7) is 4.30. The Hall–Kier alpha value is -0.730. The Balaban J connectivity index is 2.03. The van der Waals surface area contributed by atoms with Crippen LogP contribution >= 0.6 is 11.6 Å². The van der Waals surface area contributed by atoms with Gasteiger partial charge in [-0.2, -0.15) is 0 Å². The number of benzene rings is 1. The molecule has 0 saturated carbocycles. The molecule has 1 fully saturated rings. The molecule has 0 aliphatic carbocycles. The lowest BCUT2D eigenvalue weighted by atomic mass is 10.0. The van der Waals surface area contributed by atoms with Gasteiger partial charge in [0, 0.05) is 30.3 Å². The summed E-state index contributed by atoms with van der Waals surface area (Å²) < 4.78 is 0. The Morgan fingerprint density at radius 2 is 2.24 bits per heavy atom. The maximum Gasteiger partial charge on any atom is 0.0455 e. The minimum atomic E-state index is 0.618. The third-order valence-electron chi connectivity index (χ3n) is 3.56. The average molecular weight is 253 g/mol. The van der Waals surface area contributed by atoms with Crippen molar-refractivity contribution >= 4 is 17.3 Å². The number of hydrogen-bond donors (Lipinski definition) is 1. The summed E-state index contributed by atoms with van der Waals surface area (Å²) in [5.41, 5.74) is 2.41. The number of rotatable bonds is 3. The SMILES string of the molecule is Cc1c(Cl)cccc1N(C)CC1CCCCN1.